The molecule has 1 N–H and O–H groups in total. The van der Waals surface area contributed by atoms with Crippen molar-refractivity contribution in [3.8, 4) is 6.07 Å². The Bertz CT molecular complexity index is 630. The van der Waals surface area contributed by atoms with E-state index in [0.29, 0.717) is 17.3 Å². The van der Waals surface area contributed by atoms with Crippen LogP contribution < -0.4 is 5.56 Å². The molecule has 1 fully saturated rings. The van der Waals surface area contributed by atoms with E-state index in [0.717, 1.165) is 37.4 Å². The maximum absolute atomic E-state index is 11.8. The molecule has 118 valence electrons. The van der Waals surface area contributed by atoms with E-state index < -0.39 is 5.56 Å². The van der Waals surface area contributed by atoms with E-state index in [1.54, 1.807) is 0 Å². The number of H-pyrrole nitrogens is 1. The normalized spacial score (nSPS) is 15.3. The van der Waals surface area contributed by atoms with Gasteiger partial charge in [0.15, 0.2) is 5.16 Å². The Morgan fingerprint density at radius 1 is 1.45 bits per heavy atom. The monoisotopic (exact) mass is 321 g/mol. The molecule has 0 bridgehead atoms. The summed E-state index contributed by atoms with van der Waals surface area (Å²) in [4.78, 5) is 30.3. The summed E-state index contributed by atoms with van der Waals surface area (Å²) in [6.45, 7) is 1.83. The second kappa shape index (κ2) is 7.99. The van der Waals surface area contributed by atoms with E-state index in [1.165, 1.54) is 6.42 Å². The van der Waals surface area contributed by atoms with Gasteiger partial charge < -0.3 is 9.72 Å². The molecule has 0 aromatic carbocycles. The van der Waals surface area contributed by atoms with Crippen LogP contribution in [0.5, 0.6) is 0 Å². The molecular weight excluding hydrogens is 302 g/mol. The molecule has 2 rings (SSSR count). The van der Waals surface area contributed by atoms with Crippen molar-refractivity contribution in [1.82, 2.24) is 9.97 Å². The fraction of sp³-hybridized carbons (Fsp3) is 0.600. The zero-order valence-corrected chi connectivity index (χ0v) is 13.4. The number of aromatic nitrogens is 2. The van der Waals surface area contributed by atoms with Gasteiger partial charge in [-0.1, -0.05) is 25.1 Å². The highest BCUT2D eigenvalue weighted by Crippen LogP contribution is 2.21. The van der Waals surface area contributed by atoms with Crippen molar-refractivity contribution in [2.45, 2.75) is 56.7 Å². The molecule has 0 unspecified atom stereocenters. The van der Waals surface area contributed by atoms with Gasteiger partial charge >= 0.3 is 5.97 Å². The second-order valence-corrected chi connectivity index (χ2v) is 6.16. The van der Waals surface area contributed by atoms with Gasteiger partial charge in [-0.3, -0.25) is 9.59 Å². The summed E-state index contributed by atoms with van der Waals surface area (Å²) in [7, 11) is 0. The molecule has 7 heteroatoms. The molecule has 0 amide bonds. The molecular formula is C15H19N3O3S. The lowest BCUT2D eigenvalue weighted by molar-refractivity contribution is -0.147. The summed E-state index contributed by atoms with van der Waals surface area (Å²) in [5.74, 6) is -0.184. The van der Waals surface area contributed by atoms with Gasteiger partial charge in [0.25, 0.3) is 5.56 Å². The van der Waals surface area contributed by atoms with E-state index in [2.05, 4.69) is 9.97 Å². The van der Waals surface area contributed by atoms with Gasteiger partial charge in [0.1, 0.15) is 17.7 Å². The topological polar surface area (TPSA) is 95.8 Å². The molecule has 6 nitrogen and oxygen atoms in total. The lowest BCUT2D eigenvalue weighted by atomic mass is 9.98. The van der Waals surface area contributed by atoms with Crippen LogP contribution in [0.1, 0.15) is 50.3 Å². The number of hydrogen-bond acceptors (Lipinski definition) is 6. The first-order chi connectivity index (χ1) is 10.6. The van der Waals surface area contributed by atoms with Crippen molar-refractivity contribution >= 4 is 17.7 Å². The highest BCUT2D eigenvalue weighted by Gasteiger charge is 2.18. The minimum absolute atomic E-state index is 0.0287. The summed E-state index contributed by atoms with van der Waals surface area (Å²) in [6.07, 6.45) is 5.81. The molecule has 1 aliphatic rings. The fourth-order valence-corrected chi connectivity index (χ4v) is 3.13. The van der Waals surface area contributed by atoms with Gasteiger partial charge in [-0.25, -0.2) is 4.98 Å². The Morgan fingerprint density at radius 2 is 2.18 bits per heavy atom. The molecule has 0 radical (unpaired) electrons. The molecule has 1 aliphatic carbocycles. The lowest BCUT2D eigenvalue weighted by Gasteiger charge is -2.21. The minimum Gasteiger partial charge on any atom is -0.462 e. The largest absolute Gasteiger partial charge is 0.462 e. The Kier molecular flexibility index (Phi) is 6.01. The van der Waals surface area contributed by atoms with Gasteiger partial charge in [-0.15, -0.1) is 0 Å². The molecule has 1 aromatic rings. The first-order valence-electron chi connectivity index (χ1n) is 7.49. The van der Waals surface area contributed by atoms with Crippen molar-refractivity contribution < 1.29 is 9.53 Å². The molecule has 1 aromatic heterocycles. The van der Waals surface area contributed by atoms with E-state index in [-0.39, 0.29) is 23.4 Å². The summed E-state index contributed by atoms with van der Waals surface area (Å²) in [5.41, 5.74) is 0.0310. The van der Waals surface area contributed by atoms with Crippen LogP contribution in [0.3, 0.4) is 0 Å². The van der Waals surface area contributed by atoms with Gasteiger partial charge in [-0.2, -0.15) is 5.26 Å². The van der Waals surface area contributed by atoms with Crippen molar-refractivity contribution in [1.29, 1.82) is 5.26 Å². The number of aromatic amines is 1. The molecule has 0 atom stereocenters. The molecule has 22 heavy (non-hydrogen) atoms. The van der Waals surface area contributed by atoms with Crippen LogP contribution in [0.25, 0.3) is 0 Å². The van der Waals surface area contributed by atoms with Crippen LogP contribution in [0.2, 0.25) is 0 Å². The molecule has 0 saturated heterocycles. The van der Waals surface area contributed by atoms with Crippen LogP contribution in [0.4, 0.5) is 0 Å². The van der Waals surface area contributed by atoms with Crippen molar-refractivity contribution in [3.63, 3.8) is 0 Å². The van der Waals surface area contributed by atoms with Gasteiger partial charge in [0, 0.05) is 0 Å². The van der Waals surface area contributed by atoms with Gasteiger partial charge in [0.2, 0.25) is 0 Å². The number of rotatable bonds is 5. The maximum atomic E-state index is 11.8. The van der Waals surface area contributed by atoms with Crippen LogP contribution in [0, 0.1) is 11.3 Å². The van der Waals surface area contributed by atoms with Crippen LogP contribution in [-0.4, -0.2) is 27.8 Å². The minimum atomic E-state index is -0.461. The van der Waals surface area contributed by atoms with Crippen molar-refractivity contribution in [2.75, 3.05) is 5.75 Å². The maximum Gasteiger partial charge on any atom is 0.316 e. The quantitative estimate of drug-likeness (QED) is 0.507. The van der Waals surface area contributed by atoms with Crippen LogP contribution in [-0.2, 0) is 16.0 Å². The smallest absolute Gasteiger partial charge is 0.316 e. The predicted octanol–water partition coefficient (Wildman–Crippen LogP) is 2.17. The molecule has 0 spiro atoms. The van der Waals surface area contributed by atoms with Crippen LogP contribution in [0.15, 0.2) is 9.95 Å². The van der Waals surface area contributed by atoms with Crippen molar-refractivity contribution in [3.05, 3.63) is 21.6 Å². The van der Waals surface area contributed by atoms with E-state index in [1.807, 2.05) is 13.0 Å². The third kappa shape index (κ3) is 4.34. The number of nitriles is 1. The number of esters is 1. The van der Waals surface area contributed by atoms with Gasteiger partial charge in [-0.05, 0) is 32.1 Å². The lowest BCUT2D eigenvalue weighted by Crippen LogP contribution is -2.22. The third-order valence-corrected chi connectivity index (χ3v) is 4.44. The zero-order chi connectivity index (χ0) is 15.9. The van der Waals surface area contributed by atoms with Gasteiger partial charge in [0.05, 0.1) is 11.4 Å². The number of carbonyl (C=O) groups is 1. The van der Waals surface area contributed by atoms with E-state index in [9.17, 15) is 9.59 Å². The number of hydrogen-bond donors (Lipinski definition) is 1. The van der Waals surface area contributed by atoms with E-state index in [4.69, 9.17) is 10.00 Å². The molecule has 1 saturated carbocycles. The van der Waals surface area contributed by atoms with Crippen molar-refractivity contribution in [2.24, 2.45) is 0 Å². The first-order valence-corrected chi connectivity index (χ1v) is 8.48. The molecule has 0 aliphatic heterocycles. The Balaban J connectivity index is 1.93. The fourth-order valence-electron chi connectivity index (χ4n) is 2.47. The number of thioether (sulfide) groups is 1. The van der Waals surface area contributed by atoms with E-state index >= 15 is 0 Å². The Hall–Kier alpha value is -1.81. The summed E-state index contributed by atoms with van der Waals surface area (Å²) < 4.78 is 5.41. The Labute approximate surface area is 133 Å². The summed E-state index contributed by atoms with van der Waals surface area (Å²) >= 11 is 1.13. The number of ether oxygens (including phenoxy) is 1. The predicted molar refractivity (Wildman–Crippen MR) is 82.6 cm³/mol. The first kappa shape index (κ1) is 16.6. The summed E-state index contributed by atoms with van der Waals surface area (Å²) in [5, 5.41) is 9.28. The highest BCUT2D eigenvalue weighted by molar-refractivity contribution is 7.99. The number of nitrogens with one attached hydrogen (secondary N) is 1. The number of nitrogens with zero attached hydrogens (tertiary/aromatic N) is 2. The zero-order valence-electron chi connectivity index (χ0n) is 12.6. The highest BCUT2D eigenvalue weighted by atomic mass is 32.2. The number of aryl methyl sites for hydroxylation is 1. The number of carbonyl (C=O) groups excluding carboxylic acids is 1. The third-order valence-electron chi connectivity index (χ3n) is 3.60. The second-order valence-electron chi connectivity index (χ2n) is 5.20. The summed E-state index contributed by atoms with van der Waals surface area (Å²) in [6, 6.07) is 1.85. The standard InChI is InChI=1S/C15H19N3O3S/c1-2-12-11(8-16)14(20)18-15(17-12)22-9-13(19)21-10-6-4-3-5-7-10/h10H,2-7,9H2,1H3,(H,17,18,20). The molecule has 1 heterocycles. The van der Waals surface area contributed by atoms with Crippen LogP contribution >= 0.6 is 11.8 Å². The average Bonchev–Trinajstić information content (AvgIpc) is 2.53. The Morgan fingerprint density at radius 3 is 2.82 bits per heavy atom. The average molecular weight is 321 g/mol. The SMILES string of the molecule is CCc1nc(SCC(=O)OC2CCCCC2)[nH]c(=O)c1C#N.